The number of nitro groups is 1. The number of ether oxygens (including phenoxy) is 1. The average Bonchev–Trinajstić information content (AvgIpc) is 2.72. The lowest BCUT2D eigenvalue weighted by Gasteiger charge is -2.09. The number of rotatable bonds is 7. The van der Waals surface area contributed by atoms with E-state index in [-0.39, 0.29) is 5.69 Å². The molecule has 0 aromatic heterocycles. The summed E-state index contributed by atoms with van der Waals surface area (Å²) in [5, 5.41) is 15.4. The molecule has 0 saturated carbocycles. The van der Waals surface area contributed by atoms with Gasteiger partial charge in [-0.05, 0) is 29.8 Å². The van der Waals surface area contributed by atoms with Gasteiger partial charge in [0.15, 0.2) is 0 Å². The molecule has 0 unspecified atom stereocenters. The SMILES string of the molecule is COc1ccc(C(=NOCc2ccccc2)c2cccc([N+](=O)[O-])c2)cc1. The van der Waals surface area contributed by atoms with Gasteiger partial charge in [0.2, 0.25) is 0 Å². The van der Waals surface area contributed by atoms with Crippen LogP contribution in [0.1, 0.15) is 16.7 Å². The minimum atomic E-state index is -0.431. The van der Waals surface area contributed by atoms with Crippen molar-refractivity contribution in [3.05, 3.63) is 106 Å². The minimum absolute atomic E-state index is 0.00299. The van der Waals surface area contributed by atoms with E-state index in [4.69, 9.17) is 9.57 Å². The fourth-order valence-electron chi connectivity index (χ4n) is 2.53. The lowest BCUT2D eigenvalue weighted by molar-refractivity contribution is -0.384. The number of nitro benzene ring substituents is 1. The molecule has 0 heterocycles. The van der Waals surface area contributed by atoms with Crippen LogP contribution in [0.4, 0.5) is 5.69 Å². The third-order valence-corrected chi connectivity index (χ3v) is 3.92. The summed E-state index contributed by atoms with van der Waals surface area (Å²) >= 11 is 0. The van der Waals surface area contributed by atoms with Crippen molar-refractivity contribution in [1.29, 1.82) is 0 Å². The fraction of sp³-hybridized carbons (Fsp3) is 0.0952. The quantitative estimate of drug-likeness (QED) is 0.350. The van der Waals surface area contributed by atoms with Crippen molar-refractivity contribution in [1.82, 2.24) is 0 Å². The molecule has 0 bridgehead atoms. The first-order chi connectivity index (χ1) is 13.2. The van der Waals surface area contributed by atoms with Crippen LogP contribution in [0.5, 0.6) is 5.75 Å². The Morgan fingerprint density at radius 1 is 0.963 bits per heavy atom. The standard InChI is InChI=1S/C21H18N2O4/c1-26-20-12-10-17(11-13-20)21(18-8-5-9-19(14-18)23(24)25)22-27-15-16-6-3-2-4-7-16/h2-14H,15H2,1H3. The lowest BCUT2D eigenvalue weighted by Crippen LogP contribution is -2.05. The molecule has 0 spiro atoms. The van der Waals surface area contributed by atoms with Crippen LogP contribution < -0.4 is 4.74 Å². The van der Waals surface area contributed by atoms with Crippen molar-refractivity contribution in [3.8, 4) is 5.75 Å². The molecule has 0 aliphatic heterocycles. The van der Waals surface area contributed by atoms with E-state index in [2.05, 4.69) is 5.16 Å². The Morgan fingerprint density at radius 3 is 2.37 bits per heavy atom. The summed E-state index contributed by atoms with van der Waals surface area (Å²) in [5.74, 6) is 0.711. The zero-order chi connectivity index (χ0) is 19.1. The zero-order valence-corrected chi connectivity index (χ0v) is 14.7. The van der Waals surface area contributed by atoms with E-state index in [1.54, 1.807) is 31.4 Å². The highest BCUT2D eigenvalue weighted by Gasteiger charge is 2.13. The Balaban J connectivity index is 1.93. The normalized spacial score (nSPS) is 11.1. The van der Waals surface area contributed by atoms with E-state index in [9.17, 15) is 10.1 Å². The van der Waals surface area contributed by atoms with Gasteiger partial charge >= 0.3 is 0 Å². The molecule has 0 aliphatic carbocycles. The van der Waals surface area contributed by atoms with E-state index in [1.165, 1.54) is 12.1 Å². The fourth-order valence-corrected chi connectivity index (χ4v) is 2.53. The molecule has 136 valence electrons. The van der Waals surface area contributed by atoms with E-state index in [0.29, 0.717) is 23.6 Å². The van der Waals surface area contributed by atoms with Crippen LogP contribution in [0.25, 0.3) is 0 Å². The summed E-state index contributed by atoms with van der Waals surface area (Å²) in [6.45, 7) is 0.301. The van der Waals surface area contributed by atoms with Gasteiger partial charge in [-0.1, -0.05) is 47.6 Å². The smallest absolute Gasteiger partial charge is 0.270 e. The van der Waals surface area contributed by atoms with Crippen molar-refractivity contribution < 1.29 is 14.5 Å². The second-order valence-electron chi connectivity index (χ2n) is 5.73. The first kappa shape index (κ1) is 18.1. The number of methoxy groups -OCH3 is 1. The van der Waals surface area contributed by atoms with Crippen molar-refractivity contribution in [2.75, 3.05) is 7.11 Å². The van der Waals surface area contributed by atoms with Gasteiger partial charge in [0.1, 0.15) is 18.1 Å². The number of hydrogen-bond acceptors (Lipinski definition) is 5. The van der Waals surface area contributed by atoms with Crippen molar-refractivity contribution in [2.45, 2.75) is 6.61 Å². The van der Waals surface area contributed by atoms with Crippen LogP contribution in [-0.4, -0.2) is 17.7 Å². The van der Waals surface area contributed by atoms with Crippen LogP contribution in [-0.2, 0) is 11.4 Å². The summed E-state index contributed by atoms with van der Waals surface area (Å²) in [6.07, 6.45) is 0. The molecule has 0 saturated heterocycles. The maximum Gasteiger partial charge on any atom is 0.270 e. The van der Waals surface area contributed by atoms with Crippen molar-refractivity contribution >= 4 is 11.4 Å². The third kappa shape index (κ3) is 4.70. The maximum atomic E-state index is 11.1. The minimum Gasteiger partial charge on any atom is -0.497 e. The number of non-ortho nitro benzene ring substituents is 1. The molecule has 3 aromatic rings. The van der Waals surface area contributed by atoms with E-state index in [1.807, 2.05) is 42.5 Å². The Hall–Kier alpha value is -3.67. The topological polar surface area (TPSA) is 74.0 Å². The summed E-state index contributed by atoms with van der Waals surface area (Å²) in [5.41, 5.74) is 2.86. The molecule has 6 heteroatoms. The number of oxime groups is 1. The highest BCUT2D eigenvalue weighted by atomic mass is 16.6. The second kappa shape index (κ2) is 8.62. The maximum absolute atomic E-state index is 11.1. The Kier molecular flexibility index (Phi) is 5.79. The molecule has 0 aliphatic rings. The number of nitrogens with zero attached hydrogens (tertiary/aromatic N) is 2. The molecule has 6 nitrogen and oxygen atoms in total. The largest absolute Gasteiger partial charge is 0.497 e. The van der Waals surface area contributed by atoms with Crippen molar-refractivity contribution in [3.63, 3.8) is 0 Å². The predicted octanol–water partition coefficient (Wildman–Crippen LogP) is 4.57. The second-order valence-corrected chi connectivity index (χ2v) is 5.73. The molecule has 3 rings (SSSR count). The first-order valence-corrected chi connectivity index (χ1v) is 8.30. The highest BCUT2D eigenvalue weighted by Crippen LogP contribution is 2.20. The van der Waals surface area contributed by atoms with Gasteiger partial charge in [0.05, 0.1) is 12.0 Å². The van der Waals surface area contributed by atoms with Crippen LogP contribution in [0.2, 0.25) is 0 Å². The van der Waals surface area contributed by atoms with Gasteiger partial charge in [-0.15, -0.1) is 0 Å². The highest BCUT2D eigenvalue weighted by molar-refractivity contribution is 6.12. The van der Waals surface area contributed by atoms with Gasteiger partial charge < -0.3 is 9.57 Å². The van der Waals surface area contributed by atoms with E-state index >= 15 is 0 Å². The van der Waals surface area contributed by atoms with Gasteiger partial charge in [-0.2, -0.15) is 0 Å². The van der Waals surface area contributed by atoms with Gasteiger partial charge in [-0.3, -0.25) is 10.1 Å². The first-order valence-electron chi connectivity index (χ1n) is 8.30. The monoisotopic (exact) mass is 362 g/mol. The van der Waals surface area contributed by atoms with Crippen LogP contribution in [0.15, 0.2) is 84.0 Å². The molecule has 0 atom stereocenters. The van der Waals surface area contributed by atoms with Gasteiger partial charge in [0.25, 0.3) is 5.69 Å². The molecular weight excluding hydrogens is 344 g/mol. The predicted molar refractivity (Wildman–Crippen MR) is 103 cm³/mol. The average molecular weight is 362 g/mol. The molecule has 27 heavy (non-hydrogen) atoms. The summed E-state index contributed by atoms with van der Waals surface area (Å²) in [6, 6.07) is 23.3. The Morgan fingerprint density at radius 2 is 1.70 bits per heavy atom. The molecule has 0 N–H and O–H groups in total. The number of benzene rings is 3. The molecule has 3 aromatic carbocycles. The summed E-state index contributed by atoms with van der Waals surface area (Å²) in [7, 11) is 1.59. The van der Waals surface area contributed by atoms with Crippen LogP contribution in [0.3, 0.4) is 0 Å². The Bertz CT molecular complexity index is 938. The lowest BCUT2D eigenvalue weighted by atomic mass is 10.0. The molecular formula is C21H18N2O4. The van der Waals surface area contributed by atoms with Gasteiger partial charge in [-0.25, -0.2) is 0 Å². The third-order valence-electron chi connectivity index (χ3n) is 3.92. The van der Waals surface area contributed by atoms with Gasteiger partial charge in [0, 0.05) is 23.3 Å². The molecule has 0 fully saturated rings. The summed E-state index contributed by atoms with van der Waals surface area (Å²) < 4.78 is 5.18. The van der Waals surface area contributed by atoms with Crippen molar-refractivity contribution in [2.24, 2.45) is 5.16 Å². The summed E-state index contributed by atoms with van der Waals surface area (Å²) in [4.78, 5) is 16.2. The van der Waals surface area contributed by atoms with E-state index < -0.39 is 4.92 Å². The molecule has 0 amide bonds. The van der Waals surface area contributed by atoms with Crippen LogP contribution in [0, 0.1) is 10.1 Å². The molecule has 0 radical (unpaired) electrons. The Labute approximate surface area is 156 Å². The number of hydrogen-bond donors (Lipinski definition) is 0. The van der Waals surface area contributed by atoms with Crippen LogP contribution >= 0.6 is 0 Å². The van der Waals surface area contributed by atoms with E-state index in [0.717, 1.165) is 11.1 Å². The zero-order valence-electron chi connectivity index (χ0n) is 14.7.